The summed E-state index contributed by atoms with van der Waals surface area (Å²) in [6.45, 7) is 0.660. The average Bonchev–Trinajstić information content (AvgIpc) is 2.45. The lowest BCUT2D eigenvalue weighted by atomic mass is 10.2. The van der Waals surface area contributed by atoms with Crippen LogP contribution in [0.15, 0.2) is 65.3 Å². The maximum Gasteiger partial charge on any atom is 0.123 e. The van der Waals surface area contributed by atoms with Crippen LogP contribution in [0.1, 0.15) is 12.8 Å². The lowest BCUT2D eigenvalue weighted by Crippen LogP contribution is -2.03. The van der Waals surface area contributed by atoms with Gasteiger partial charge < -0.3 is 5.32 Å². The number of aliphatic imine (C=N–C) groups is 1. The van der Waals surface area contributed by atoms with Crippen LogP contribution in [0.5, 0.6) is 0 Å². The van der Waals surface area contributed by atoms with E-state index in [-0.39, 0.29) is 5.82 Å². The van der Waals surface area contributed by atoms with Crippen molar-refractivity contribution in [1.82, 2.24) is 0 Å². The Morgan fingerprint density at radius 3 is 2.79 bits per heavy atom. The second-order valence-corrected chi connectivity index (χ2v) is 4.26. The third kappa shape index (κ3) is 4.92. The number of nitrogens with one attached hydrogen (secondary N) is 1. The van der Waals surface area contributed by atoms with Crippen LogP contribution in [0.4, 0.5) is 10.1 Å². The summed E-state index contributed by atoms with van der Waals surface area (Å²) in [5.74, 6) is -0.224. The first-order valence-electron chi connectivity index (χ1n) is 6.38. The van der Waals surface area contributed by atoms with Gasteiger partial charge in [0.15, 0.2) is 0 Å². The van der Waals surface area contributed by atoms with Crippen LogP contribution in [0.2, 0.25) is 0 Å². The lowest BCUT2D eigenvalue weighted by Gasteiger charge is -2.06. The van der Waals surface area contributed by atoms with E-state index in [1.165, 1.54) is 12.1 Å². The molecule has 1 aliphatic heterocycles. The Labute approximate surface area is 113 Å². The molecule has 0 fully saturated rings. The number of anilines is 1. The highest BCUT2D eigenvalue weighted by molar-refractivity contribution is 5.58. The van der Waals surface area contributed by atoms with Crippen molar-refractivity contribution in [2.45, 2.75) is 12.8 Å². The number of hydrogen-bond donors (Lipinski definition) is 1. The molecule has 2 nitrogen and oxygen atoms in total. The molecule has 19 heavy (non-hydrogen) atoms. The summed E-state index contributed by atoms with van der Waals surface area (Å²) < 4.78 is 12.8. The van der Waals surface area contributed by atoms with E-state index in [0.29, 0.717) is 6.54 Å². The summed E-state index contributed by atoms with van der Waals surface area (Å²) in [6.07, 6.45) is 14.0. The standard InChI is InChI=1S/C16H17FN2/c17-15-7-9-16(10-8-15)19-13-14-6-4-2-1-3-5-11-18-12-14/h1-2,4,6-12,19H,3,5,13H2/b2-1+,6-4?,14-12?,18-11?. The fraction of sp³-hybridized carbons (Fsp3) is 0.188. The fourth-order valence-corrected chi connectivity index (χ4v) is 1.67. The van der Waals surface area contributed by atoms with Crippen molar-refractivity contribution in [1.29, 1.82) is 0 Å². The van der Waals surface area contributed by atoms with Crippen molar-refractivity contribution in [3.8, 4) is 0 Å². The van der Waals surface area contributed by atoms with Crippen LogP contribution in [0.25, 0.3) is 0 Å². The quantitative estimate of drug-likeness (QED) is 0.865. The summed E-state index contributed by atoms with van der Waals surface area (Å²) in [5.41, 5.74) is 1.97. The molecule has 1 aromatic carbocycles. The SMILES string of the molecule is Fc1ccc(NCC2=CN=CCC/C=C/C=C2)cc1. The fourth-order valence-electron chi connectivity index (χ4n) is 1.67. The van der Waals surface area contributed by atoms with Crippen molar-refractivity contribution in [2.24, 2.45) is 4.99 Å². The minimum Gasteiger partial charge on any atom is -0.381 e. The molecule has 0 aliphatic carbocycles. The van der Waals surface area contributed by atoms with Gasteiger partial charge in [-0.25, -0.2) is 4.39 Å². The zero-order valence-corrected chi connectivity index (χ0v) is 10.7. The third-order valence-corrected chi connectivity index (χ3v) is 2.71. The summed E-state index contributed by atoms with van der Waals surface area (Å²) in [7, 11) is 0. The Morgan fingerprint density at radius 1 is 1.11 bits per heavy atom. The maximum absolute atomic E-state index is 12.8. The van der Waals surface area contributed by atoms with Gasteiger partial charge in [-0.05, 0) is 42.7 Å². The van der Waals surface area contributed by atoms with Crippen LogP contribution < -0.4 is 5.32 Å². The third-order valence-electron chi connectivity index (χ3n) is 2.71. The van der Waals surface area contributed by atoms with Crippen LogP contribution in [0.3, 0.4) is 0 Å². The Balaban J connectivity index is 1.97. The predicted molar refractivity (Wildman–Crippen MR) is 79.0 cm³/mol. The topological polar surface area (TPSA) is 24.4 Å². The number of hydrogen-bond acceptors (Lipinski definition) is 2. The molecule has 0 aromatic heterocycles. The largest absolute Gasteiger partial charge is 0.381 e. The first-order chi connectivity index (χ1) is 9.34. The molecule has 0 radical (unpaired) electrons. The second kappa shape index (κ2) is 7.31. The van der Waals surface area contributed by atoms with Gasteiger partial charge in [0.05, 0.1) is 0 Å². The molecule has 0 unspecified atom stereocenters. The van der Waals surface area contributed by atoms with Gasteiger partial charge in [0.1, 0.15) is 5.82 Å². The summed E-state index contributed by atoms with van der Waals surface area (Å²) in [6, 6.07) is 6.34. The molecule has 0 bridgehead atoms. The first-order valence-corrected chi connectivity index (χ1v) is 6.38. The van der Waals surface area contributed by atoms with Crippen LogP contribution in [0, 0.1) is 5.82 Å². The van der Waals surface area contributed by atoms with Gasteiger partial charge in [-0.15, -0.1) is 0 Å². The Bertz CT molecular complexity index is 510. The van der Waals surface area contributed by atoms with E-state index in [2.05, 4.69) is 16.4 Å². The van der Waals surface area contributed by atoms with E-state index < -0.39 is 0 Å². The predicted octanol–water partition coefficient (Wildman–Crippen LogP) is 4.10. The Hall–Kier alpha value is -2.16. The molecule has 2 rings (SSSR count). The van der Waals surface area contributed by atoms with Gasteiger partial charge in [0, 0.05) is 24.6 Å². The normalized spacial score (nSPS) is 16.8. The molecule has 0 atom stereocenters. The molecule has 1 aromatic rings. The molecule has 3 heteroatoms. The number of rotatable bonds is 3. The minimum absolute atomic E-state index is 0.224. The van der Waals surface area contributed by atoms with Crippen molar-refractivity contribution in [3.63, 3.8) is 0 Å². The van der Waals surface area contributed by atoms with E-state index in [0.717, 1.165) is 24.1 Å². The lowest BCUT2D eigenvalue weighted by molar-refractivity contribution is 0.628. The van der Waals surface area contributed by atoms with Gasteiger partial charge in [-0.3, -0.25) is 4.99 Å². The molecule has 0 saturated heterocycles. The first kappa shape index (κ1) is 13.3. The molecule has 1 aliphatic rings. The molecule has 1 N–H and O–H groups in total. The summed E-state index contributed by atoms with van der Waals surface area (Å²) in [4.78, 5) is 4.27. The number of benzene rings is 1. The minimum atomic E-state index is -0.224. The maximum atomic E-state index is 12.8. The van der Waals surface area contributed by atoms with E-state index in [9.17, 15) is 4.39 Å². The zero-order chi connectivity index (χ0) is 13.3. The van der Waals surface area contributed by atoms with Gasteiger partial charge in [-0.2, -0.15) is 0 Å². The Kier molecular flexibility index (Phi) is 5.11. The monoisotopic (exact) mass is 256 g/mol. The molecule has 1 heterocycles. The van der Waals surface area contributed by atoms with Crippen LogP contribution in [-0.4, -0.2) is 12.8 Å². The van der Waals surface area contributed by atoms with Gasteiger partial charge in [0.25, 0.3) is 0 Å². The smallest absolute Gasteiger partial charge is 0.123 e. The highest BCUT2D eigenvalue weighted by atomic mass is 19.1. The van der Waals surface area contributed by atoms with Gasteiger partial charge in [0.2, 0.25) is 0 Å². The average molecular weight is 256 g/mol. The van der Waals surface area contributed by atoms with E-state index >= 15 is 0 Å². The summed E-state index contributed by atoms with van der Waals surface area (Å²) >= 11 is 0. The van der Waals surface area contributed by atoms with E-state index in [4.69, 9.17) is 0 Å². The molecule has 0 spiro atoms. The molecular weight excluding hydrogens is 239 g/mol. The van der Waals surface area contributed by atoms with Crippen molar-refractivity contribution in [2.75, 3.05) is 11.9 Å². The number of nitrogens with zero attached hydrogens (tertiary/aromatic N) is 1. The van der Waals surface area contributed by atoms with Crippen molar-refractivity contribution >= 4 is 11.9 Å². The van der Waals surface area contributed by atoms with Crippen LogP contribution in [-0.2, 0) is 0 Å². The van der Waals surface area contributed by atoms with Gasteiger partial charge in [-0.1, -0.05) is 24.3 Å². The highest BCUT2D eigenvalue weighted by Crippen LogP contribution is 2.10. The van der Waals surface area contributed by atoms with E-state index in [1.807, 2.05) is 30.6 Å². The van der Waals surface area contributed by atoms with Crippen molar-refractivity contribution in [3.05, 3.63) is 66.2 Å². The molecule has 98 valence electrons. The molecule has 0 saturated carbocycles. The van der Waals surface area contributed by atoms with Crippen LogP contribution >= 0.6 is 0 Å². The highest BCUT2D eigenvalue weighted by Gasteiger charge is 1.95. The van der Waals surface area contributed by atoms with Gasteiger partial charge >= 0.3 is 0 Å². The Morgan fingerprint density at radius 2 is 1.95 bits per heavy atom. The second-order valence-electron chi connectivity index (χ2n) is 4.26. The molecule has 0 amide bonds. The van der Waals surface area contributed by atoms with E-state index in [1.54, 1.807) is 12.1 Å². The molecular formula is C16H17FN2. The number of halogens is 1. The summed E-state index contributed by atoms with van der Waals surface area (Å²) in [5, 5.41) is 3.24. The zero-order valence-electron chi connectivity index (χ0n) is 10.7. The van der Waals surface area contributed by atoms with Crippen molar-refractivity contribution < 1.29 is 4.39 Å². The number of allylic oxidation sites excluding steroid dienone is 3.